The van der Waals surface area contributed by atoms with Gasteiger partial charge >= 0.3 is 0 Å². The normalized spacial score (nSPS) is 11.0. The molecule has 0 atom stereocenters. The summed E-state index contributed by atoms with van der Waals surface area (Å²) in [5, 5.41) is 4.80. The van der Waals surface area contributed by atoms with Crippen molar-refractivity contribution < 1.29 is 0 Å². The molecule has 2 N–H and O–H groups in total. The molecule has 0 fully saturated rings. The van der Waals surface area contributed by atoms with Gasteiger partial charge in [-0.05, 0) is 49.1 Å². The van der Waals surface area contributed by atoms with Crippen LogP contribution in [0.2, 0.25) is 0 Å². The lowest BCUT2D eigenvalue weighted by molar-refractivity contribution is 0.796. The fourth-order valence-electron chi connectivity index (χ4n) is 2.93. The smallest absolute Gasteiger partial charge is 0.0694 e. The number of hydrogen-bond acceptors (Lipinski definition) is 1. The van der Waals surface area contributed by atoms with E-state index in [1.807, 2.05) is 0 Å². The van der Waals surface area contributed by atoms with Crippen molar-refractivity contribution in [2.24, 2.45) is 0 Å². The van der Waals surface area contributed by atoms with Gasteiger partial charge in [-0.3, -0.25) is 0 Å². The van der Waals surface area contributed by atoms with Gasteiger partial charge < -0.3 is 10.3 Å². The molecule has 3 aromatic rings. The van der Waals surface area contributed by atoms with E-state index < -0.39 is 0 Å². The molecule has 0 aliphatic rings. The molecule has 0 aliphatic heterocycles. The molecule has 2 heteroatoms. The zero-order valence-corrected chi connectivity index (χ0v) is 13.4. The maximum Gasteiger partial charge on any atom is 0.0694 e. The van der Waals surface area contributed by atoms with E-state index >= 15 is 0 Å². The van der Waals surface area contributed by atoms with Crippen molar-refractivity contribution in [3.05, 3.63) is 54.1 Å². The number of unbranched alkanes of at least 4 members (excludes halogenated alkanes) is 1. The van der Waals surface area contributed by atoms with Crippen molar-refractivity contribution >= 4 is 16.6 Å². The lowest BCUT2D eigenvalue weighted by atomic mass is 10.0. The minimum absolute atomic E-state index is 0.937. The molecule has 114 valence electrons. The first-order valence-corrected chi connectivity index (χ1v) is 8.26. The van der Waals surface area contributed by atoms with Crippen molar-refractivity contribution in [3.8, 4) is 11.3 Å². The minimum atomic E-state index is 0.937. The SMILES string of the molecule is CCCCc1cc(NCC)c2[nH]c(-c3ccccc3)cc2c1. The molecule has 0 saturated carbocycles. The molecule has 22 heavy (non-hydrogen) atoms. The van der Waals surface area contributed by atoms with E-state index in [4.69, 9.17) is 0 Å². The minimum Gasteiger partial charge on any atom is -0.384 e. The second-order valence-corrected chi connectivity index (χ2v) is 5.79. The Balaban J connectivity index is 2.06. The number of aryl methyl sites for hydroxylation is 1. The van der Waals surface area contributed by atoms with E-state index in [1.54, 1.807) is 0 Å². The number of benzene rings is 2. The number of aromatic amines is 1. The van der Waals surface area contributed by atoms with Crippen LogP contribution in [0.4, 0.5) is 5.69 Å². The number of aromatic nitrogens is 1. The summed E-state index contributed by atoms with van der Waals surface area (Å²) in [5.41, 5.74) is 6.26. The Bertz CT molecular complexity index is 741. The van der Waals surface area contributed by atoms with E-state index in [0.717, 1.165) is 13.0 Å². The Morgan fingerprint density at radius 3 is 2.55 bits per heavy atom. The molecular weight excluding hydrogens is 268 g/mol. The van der Waals surface area contributed by atoms with Gasteiger partial charge in [0.15, 0.2) is 0 Å². The summed E-state index contributed by atoms with van der Waals surface area (Å²) in [5.74, 6) is 0. The standard InChI is InChI=1S/C20H24N2/c1-3-5-9-15-12-17-14-18(16-10-7-6-8-11-16)22-20(17)19(13-15)21-4-2/h6-8,10-14,21-22H,3-5,9H2,1-2H3. The quantitative estimate of drug-likeness (QED) is 0.607. The molecular formula is C20H24N2. The molecule has 0 bridgehead atoms. The summed E-state index contributed by atoms with van der Waals surface area (Å²) in [4.78, 5) is 3.59. The van der Waals surface area contributed by atoms with Crippen molar-refractivity contribution in [1.29, 1.82) is 0 Å². The second kappa shape index (κ2) is 6.69. The van der Waals surface area contributed by atoms with E-state index in [1.165, 1.54) is 46.3 Å². The molecule has 0 saturated heterocycles. The van der Waals surface area contributed by atoms with Crippen LogP contribution in [0.3, 0.4) is 0 Å². The molecule has 0 unspecified atom stereocenters. The average Bonchev–Trinajstić information content (AvgIpc) is 2.98. The predicted molar refractivity (Wildman–Crippen MR) is 96.5 cm³/mol. The van der Waals surface area contributed by atoms with Gasteiger partial charge in [-0.15, -0.1) is 0 Å². The summed E-state index contributed by atoms with van der Waals surface area (Å²) in [6.07, 6.45) is 3.63. The largest absolute Gasteiger partial charge is 0.384 e. The van der Waals surface area contributed by atoms with Gasteiger partial charge in [0.05, 0.1) is 11.2 Å². The van der Waals surface area contributed by atoms with Gasteiger partial charge in [0.1, 0.15) is 0 Å². The van der Waals surface area contributed by atoms with Gasteiger partial charge in [-0.25, -0.2) is 0 Å². The molecule has 0 amide bonds. The third-order valence-electron chi connectivity index (χ3n) is 4.06. The van der Waals surface area contributed by atoms with Crippen LogP contribution in [0.1, 0.15) is 32.3 Å². The van der Waals surface area contributed by atoms with Crippen LogP contribution >= 0.6 is 0 Å². The lowest BCUT2D eigenvalue weighted by Gasteiger charge is -2.08. The number of fused-ring (bicyclic) bond motifs is 1. The molecule has 0 aliphatic carbocycles. The summed E-state index contributed by atoms with van der Waals surface area (Å²) in [6, 6.07) is 17.4. The molecule has 0 spiro atoms. The first-order valence-electron chi connectivity index (χ1n) is 8.26. The highest BCUT2D eigenvalue weighted by Gasteiger charge is 2.09. The number of anilines is 1. The third-order valence-corrected chi connectivity index (χ3v) is 4.06. The van der Waals surface area contributed by atoms with E-state index in [9.17, 15) is 0 Å². The maximum atomic E-state index is 3.59. The summed E-state index contributed by atoms with van der Waals surface area (Å²) >= 11 is 0. The highest BCUT2D eigenvalue weighted by atomic mass is 14.9. The molecule has 2 nitrogen and oxygen atoms in total. The summed E-state index contributed by atoms with van der Waals surface area (Å²) in [7, 11) is 0. The molecule has 1 aromatic heterocycles. The number of hydrogen-bond donors (Lipinski definition) is 2. The Labute approximate surface area is 132 Å². The lowest BCUT2D eigenvalue weighted by Crippen LogP contribution is -1.98. The van der Waals surface area contributed by atoms with E-state index in [-0.39, 0.29) is 0 Å². The van der Waals surface area contributed by atoms with Gasteiger partial charge in [-0.1, -0.05) is 43.7 Å². The predicted octanol–water partition coefficient (Wildman–Crippen LogP) is 5.61. The number of nitrogens with one attached hydrogen (secondary N) is 2. The monoisotopic (exact) mass is 292 g/mol. The van der Waals surface area contributed by atoms with Crippen LogP contribution < -0.4 is 5.32 Å². The Morgan fingerprint density at radius 2 is 1.82 bits per heavy atom. The topological polar surface area (TPSA) is 27.8 Å². The van der Waals surface area contributed by atoms with Crippen LogP contribution in [0, 0.1) is 0 Å². The third kappa shape index (κ3) is 3.01. The average molecular weight is 292 g/mol. The van der Waals surface area contributed by atoms with Gasteiger partial charge in [0, 0.05) is 17.6 Å². The Hall–Kier alpha value is -2.22. The van der Waals surface area contributed by atoms with Crippen LogP contribution in [0.5, 0.6) is 0 Å². The molecule has 0 radical (unpaired) electrons. The van der Waals surface area contributed by atoms with Crippen LogP contribution in [-0.2, 0) is 6.42 Å². The van der Waals surface area contributed by atoms with Crippen molar-refractivity contribution in [1.82, 2.24) is 4.98 Å². The van der Waals surface area contributed by atoms with Crippen molar-refractivity contribution in [3.63, 3.8) is 0 Å². The summed E-state index contributed by atoms with van der Waals surface area (Å²) < 4.78 is 0. The molecule has 2 aromatic carbocycles. The Morgan fingerprint density at radius 1 is 1.00 bits per heavy atom. The number of H-pyrrole nitrogens is 1. The highest BCUT2D eigenvalue weighted by molar-refractivity contribution is 5.95. The van der Waals surface area contributed by atoms with Crippen molar-refractivity contribution in [2.75, 3.05) is 11.9 Å². The van der Waals surface area contributed by atoms with Gasteiger partial charge in [-0.2, -0.15) is 0 Å². The van der Waals surface area contributed by atoms with Crippen LogP contribution in [0.15, 0.2) is 48.5 Å². The van der Waals surface area contributed by atoms with Gasteiger partial charge in [0.2, 0.25) is 0 Å². The molecule has 3 rings (SSSR count). The zero-order valence-electron chi connectivity index (χ0n) is 13.4. The maximum absolute atomic E-state index is 3.59. The fraction of sp³-hybridized carbons (Fsp3) is 0.300. The second-order valence-electron chi connectivity index (χ2n) is 5.79. The van der Waals surface area contributed by atoms with E-state index in [0.29, 0.717) is 0 Å². The zero-order chi connectivity index (χ0) is 15.4. The first kappa shape index (κ1) is 14.7. The molecule has 1 heterocycles. The number of rotatable bonds is 6. The summed E-state index contributed by atoms with van der Waals surface area (Å²) in [6.45, 7) is 5.32. The van der Waals surface area contributed by atoms with Crippen molar-refractivity contribution in [2.45, 2.75) is 33.1 Å². The van der Waals surface area contributed by atoms with Gasteiger partial charge in [0.25, 0.3) is 0 Å². The first-order chi connectivity index (χ1) is 10.8. The van der Waals surface area contributed by atoms with Crippen LogP contribution in [-0.4, -0.2) is 11.5 Å². The Kier molecular flexibility index (Phi) is 4.47. The van der Waals surface area contributed by atoms with Crippen LogP contribution in [0.25, 0.3) is 22.2 Å². The highest BCUT2D eigenvalue weighted by Crippen LogP contribution is 2.30. The van der Waals surface area contributed by atoms with E-state index in [2.05, 4.69) is 72.7 Å². The fourth-order valence-corrected chi connectivity index (χ4v) is 2.93.